The van der Waals surface area contributed by atoms with Crippen LogP contribution in [0.4, 0.5) is 0 Å². The first-order valence-electron chi connectivity index (χ1n) is 6.95. The highest BCUT2D eigenvalue weighted by atomic mass is 32.1. The fraction of sp³-hybridized carbons (Fsp3) is 0.333. The predicted molar refractivity (Wildman–Crippen MR) is 80.8 cm³/mol. The second-order valence-corrected chi connectivity index (χ2v) is 6.22. The van der Waals surface area contributed by atoms with Gasteiger partial charge in [-0.25, -0.2) is 0 Å². The van der Waals surface area contributed by atoms with E-state index in [1.54, 1.807) is 11.3 Å². The molecule has 102 valence electrons. The smallest absolute Gasteiger partial charge is 0.0841 e. The molecule has 4 rings (SSSR count). The van der Waals surface area contributed by atoms with E-state index < -0.39 is 0 Å². The molecule has 1 fully saturated rings. The topological polar surface area (TPSA) is 42.7 Å². The highest BCUT2D eigenvalue weighted by Gasteiger charge is 2.21. The third-order valence-corrected chi connectivity index (χ3v) is 4.42. The van der Waals surface area contributed by atoms with Crippen LogP contribution < -0.4 is 5.32 Å². The summed E-state index contributed by atoms with van der Waals surface area (Å²) in [5.74, 6) is 0. The van der Waals surface area contributed by atoms with Crippen molar-refractivity contribution in [3.8, 4) is 0 Å². The van der Waals surface area contributed by atoms with E-state index in [2.05, 4.69) is 39.2 Å². The number of hydrogen-bond acceptors (Lipinski definition) is 4. The zero-order valence-electron chi connectivity index (χ0n) is 11.1. The van der Waals surface area contributed by atoms with Gasteiger partial charge in [0.2, 0.25) is 0 Å². The van der Waals surface area contributed by atoms with Gasteiger partial charge in [-0.1, -0.05) is 18.2 Å². The van der Waals surface area contributed by atoms with Crippen LogP contribution in [0.25, 0.3) is 10.9 Å². The number of nitrogens with zero attached hydrogens (tertiary/aromatic N) is 3. The van der Waals surface area contributed by atoms with Gasteiger partial charge in [0.15, 0.2) is 0 Å². The Balaban J connectivity index is 1.68. The summed E-state index contributed by atoms with van der Waals surface area (Å²) < 4.78 is 2.09. The summed E-state index contributed by atoms with van der Waals surface area (Å²) in [4.78, 5) is 5.37. The molecule has 0 saturated heterocycles. The number of fused-ring (bicyclic) bond motifs is 1. The molecule has 0 radical (unpaired) electrons. The molecule has 1 aliphatic rings. The molecule has 4 nitrogen and oxygen atoms in total. The van der Waals surface area contributed by atoms with Crippen LogP contribution in [0.3, 0.4) is 0 Å². The lowest BCUT2D eigenvalue weighted by atomic mass is 10.2. The summed E-state index contributed by atoms with van der Waals surface area (Å²) >= 11 is 1.68. The van der Waals surface area contributed by atoms with Crippen LogP contribution in [0, 0.1) is 0 Å². The number of aromatic nitrogens is 3. The molecular weight excluding hydrogens is 268 g/mol. The minimum absolute atomic E-state index is 0.709. The average Bonchev–Trinajstić information content (AvgIpc) is 3.05. The molecule has 2 aromatic heterocycles. The molecule has 2 heterocycles. The maximum absolute atomic E-state index is 4.80. The summed E-state index contributed by atoms with van der Waals surface area (Å²) in [6, 6.07) is 9.17. The molecule has 1 aliphatic carbocycles. The van der Waals surface area contributed by atoms with Crippen LogP contribution in [0.15, 0.2) is 36.0 Å². The number of nitrogens with one attached hydrogen (secondary N) is 1. The van der Waals surface area contributed by atoms with Gasteiger partial charge in [0.05, 0.1) is 23.3 Å². The summed E-state index contributed by atoms with van der Waals surface area (Å²) in [5.41, 5.74) is 4.22. The molecule has 0 spiro atoms. The SMILES string of the molecule is c1ccc2c(c1)c(CNC1CC1)nn2Cc1cncs1. The van der Waals surface area contributed by atoms with Gasteiger partial charge in [0.1, 0.15) is 0 Å². The molecule has 0 amide bonds. The van der Waals surface area contributed by atoms with Crippen LogP contribution >= 0.6 is 11.3 Å². The van der Waals surface area contributed by atoms with E-state index >= 15 is 0 Å². The Hall–Kier alpha value is -1.72. The van der Waals surface area contributed by atoms with Crippen LogP contribution in [0.1, 0.15) is 23.4 Å². The normalized spacial score (nSPS) is 15.0. The first kappa shape index (κ1) is 12.1. The number of rotatable bonds is 5. The van der Waals surface area contributed by atoms with Gasteiger partial charge >= 0.3 is 0 Å². The number of para-hydroxylation sites is 1. The van der Waals surface area contributed by atoms with Gasteiger partial charge < -0.3 is 5.32 Å². The Morgan fingerprint density at radius 3 is 3.00 bits per heavy atom. The lowest BCUT2D eigenvalue weighted by Gasteiger charge is -2.00. The van der Waals surface area contributed by atoms with Crippen molar-refractivity contribution in [3.63, 3.8) is 0 Å². The lowest BCUT2D eigenvalue weighted by Crippen LogP contribution is -2.16. The number of benzene rings is 1. The van der Waals surface area contributed by atoms with Crippen molar-refractivity contribution in [2.24, 2.45) is 0 Å². The summed E-state index contributed by atoms with van der Waals surface area (Å²) in [5, 5.41) is 9.60. The highest BCUT2D eigenvalue weighted by molar-refractivity contribution is 7.09. The molecule has 5 heteroatoms. The Morgan fingerprint density at radius 1 is 1.30 bits per heavy atom. The molecule has 0 unspecified atom stereocenters. The van der Waals surface area contributed by atoms with Gasteiger partial charge in [0, 0.05) is 29.0 Å². The van der Waals surface area contributed by atoms with Crippen molar-refractivity contribution in [2.45, 2.75) is 32.0 Å². The molecule has 1 aromatic carbocycles. The molecule has 0 bridgehead atoms. The highest BCUT2D eigenvalue weighted by Crippen LogP contribution is 2.23. The molecule has 1 saturated carbocycles. The standard InChI is InChI=1S/C15H16N4S/c1-2-4-15-13(3-1)14(8-17-11-5-6-11)18-19(15)9-12-7-16-10-20-12/h1-4,7,10-11,17H,5-6,8-9H2. The van der Waals surface area contributed by atoms with E-state index in [-0.39, 0.29) is 0 Å². The third kappa shape index (κ3) is 2.34. The zero-order chi connectivity index (χ0) is 13.4. The molecule has 1 N–H and O–H groups in total. The zero-order valence-corrected chi connectivity index (χ0v) is 11.9. The van der Waals surface area contributed by atoms with Crippen molar-refractivity contribution < 1.29 is 0 Å². The Morgan fingerprint density at radius 2 is 2.20 bits per heavy atom. The number of thiazole rings is 1. The fourth-order valence-electron chi connectivity index (χ4n) is 2.44. The molecule has 0 aliphatic heterocycles. The quantitative estimate of drug-likeness (QED) is 0.783. The van der Waals surface area contributed by atoms with E-state index in [1.807, 2.05) is 11.7 Å². The summed E-state index contributed by atoms with van der Waals surface area (Å²) in [6.45, 7) is 1.66. The van der Waals surface area contributed by atoms with Gasteiger partial charge in [-0.3, -0.25) is 9.67 Å². The first-order chi connectivity index (χ1) is 9.90. The first-order valence-corrected chi connectivity index (χ1v) is 7.83. The lowest BCUT2D eigenvalue weighted by molar-refractivity contribution is 0.642. The number of hydrogen-bond donors (Lipinski definition) is 1. The summed E-state index contributed by atoms with van der Waals surface area (Å²) in [6.07, 6.45) is 4.53. The second-order valence-electron chi connectivity index (χ2n) is 5.24. The van der Waals surface area contributed by atoms with E-state index in [1.165, 1.54) is 28.6 Å². The van der Waals surface area contributed by atoms with Crippen LogP contribution in [-0.4, -0.2) is 20.8 Å². The van der Waals surface area contributed by atoms with Crippen LogP contribution in [-0.2, 0) is 13.1 Å². The average molecular weight is 284 g/mol. The second kappa shape index (κ2) is 5.00. The maximum Gasteiger partial charge on any atom is 0.0841 e. The monoisotopic (exact) mass is 284 g/mol. The van der Waals surface area contributed by atoms with E-state index in [0.717, 1.165) is 18.8 Å². The largest absolute Gasteiger partial charge is 0.308 e. The van der Waals surface area contributed by atoms with Gasteiger partial charge in [0.25, 0.3) is 0 Å². The fourth-order valence-corrected chi connectivity index (χ4v) is 3.02. The van der Waals surface area contributed by atoms with Gasteiger partial charge in [-0.2, -0.15) is 5.10 Å². The van der Waals surface area contributed by atoms with Gasteiger partial charge in [-0.15, -0.1) is 11.3 Å². The molecule has 0 atom stereocenters. The summed E-state index contributed by atoms with van der Waals surface area (Å²) in [7, 11) is 0. The minimum atomic E-state index is 0.709. The van der Waals surface area contributed by atoms with Crippen molar-refractivity contribution in [2.75, 3.05) is 0 Å². The van der Waals surface area contributed by atoms with Crippen molar-refractivity contribution in [3.05, 3.63) is 46.5 Å². The van der Waals surface area contributed by atoms with Gasteiger partial charge in [-0.05, 0) is 18.9 Å². The van der Waals surface area contributed by atoms with E-state index in [4.69, 9.17) is 5.10 Å². The van der Waals surface area contributed by atoms with E-state index in [0.29, 0.717) is 6.04 Å². The van der Waals surface area contributed by atoms with E-state index in [9.17, 15) is 0 Å². The third-order valence-electron chi connectivity index (χ3n) is 3.66. The minimum Gasteiger partial charge on any atom is -0.308 e. The van der Waals surface area contributed by atoms with Crippen molar-refractivity contribution in [1.29, 1.82) is 0 Å². The van der Waals surface area contributed by atoms with Crippen LogP contribution in [0.5, 0.6) is 0 Å². The maximum atomic E-state index is 4.80. The molecule has 3 aromatic rings. The Bertz CT molecular complexity index is 713. The Labute approximate surface area is 121 Å². The molecular formula is C15H16N4S. The Kier molecular flexibility index (Phi) is 3.01. The van der Waals surface area contributed by atoms with Crippen molar-refractivity contribution >= 4 is 22.2 Å². The predicted octanol–water partition coefficient (Wildman–Crippen LogP) is 2.79. The van der Waals surface area contributed by atoms with Crippen LogP contribution in [0.2, 0.25) is 0 Å². The van der Waals surface area contributed by atoms with Crippen molar-refractivity contribution in [1.82, 2.24) is 20.1 Å². The molecule has 20 heavy (non-hydrogen) atoms.